The van der Waals surface area contributed by atoms with Crippen molar-refractivity contribution in [3.63, 3.8) is 0 Å². The predicted octanol–water partition coefficient (Wildman–Crippen LogP) is 4.02. The quantitative estimate of drug-likeness (QED) is 0.629. The first kappa shape index (κ1) is 22.4. The number of hydrogen-bond acceptors (Lipinski definition) is 6. The maximum atomic E-state index is 12.6. The van der Waals surface area contributed by atoms with Gasteiger partial charge in [-0.2, -0.15) is 0 Å². The third kappa shape index (κ3) is 5.67. The van der Waals surface area contributed by atoms with Crippen LogP contribution in [0, 0.1) is 0 Å². The number of para-hydroxylation sites is 1. The molecular weight excluding hydrogens is 414 g/mol. The number of amidine groups is 1. The fraction of sp³-hybridized carbons (Fsp3) is 0.261. The molecule has 0 unspecified atom stereocenters. The lowest BCUT2D eigenvalue weighted by molar-refractivity contribution is -0.122. The number of hydrogen-bond donors (Lipinski definition) is 1. The maximum absolute atomic E-state index is 12.6. The van der Waals surface area contributed by atoms with Crippen molar-refractivity contribution in [2.24, 2.45) is 4.99 Å². The van der Waals surface area contributed by atoms with Gasteiger partial charge in [0.1, 0.15) is 0 Å². The standard InChI is InChI=1S/C23H25N3O4S/c1-4-24-23-26(5-2)22(28)20(31-23)14-16-11-12-18(19(13-16)29-3)30-15-21(27)25-17-9-7-6-8-10-17/h6-14H,4-5,15H2,1-3H3,(H,25,27)/b20-14+,24-23?. The van der Waals surface area contributed by atoms with Crippen LogP contribution in [-0.4, -0.2) is 48.7 Å². The van der Waals surface area contributed by atoms with Gasteiger partial charge in [-0.05, 0) is 61.5 Å². The average molecular weight is 440 g/mol. The molecule has 0 radical (unpaired) electrons. The van der Waals surface area contributed by atoms with Gasteiger partial charge in [-0.1, -0.05) is 24.3 Å². The van der Waals surface area contributed by atoms with E-state index in [4.69, 9.17) is 9.47 Å². The molecule has 1 aliphatic rings. The fourth-order valence-electron chi connectivity index (χ4n) is 2.95. The molecule has 0 spiro atoms. The molecule has 2 aromatic carbocycles. The summed E-state index contributed by atoms with van der Waals surface area (Å²) in [4.78, 5) is 31.4. The number of nitrogens with zero attached hydrogens (tertiary/aromatic N) is 2. The van der Waals surface area contributed by atoms with Gasteiger partial charge in [0.2, 0.25) is 0 Å². The Labute approximate surface area is 186 Å². The molecule has 0 aromatic heterocycles. The summed E-state index contributed by atoms with van der Waals surface area (Å²) < 4.78 is 11.1. The second-order valence-corrected chi connectivity index (χ2v) is 7.54. The topological polar surface area (TPSA) is 80.2 Å². The number of benzene rings is 2. The Morgan fingerprint density at radius 2 is 1.94 bits per heavy atom. The first-order valence-electron chi connectivity index (χ1n) is 9.97. The van der Waals surface area contributed by atoms with Crippen molar-refractivity contribution in [3.8, 4) is 11.5 Å². The van der Waals surface area contributed by atoms with E-state index in [0.717, 1.165) is 10.7 Å². The zero-order valence-corrected chi connectivity index (χ0v) is 18.6. The second-order valence-electron chi connectivity index (χ2n) is 6.53. The fourth-order valence-corrected chi connectivity index (χ4v) is 4.05. The highest BCUT2D eigenvalue weighted by Gasteiger charge is 2.31. The van der Waals surface area contributed by atoms with E-state index in [0.29, 0.717) is 35.2 Å². The van der Waals surface area contributed by atoms with E-state index >= 15 is 0 Å². The lowest BCUT2D eigenvalue weighted by Crippen LogP contribution is -2.28. The molecule has 3 rings (SSSR count). The van der Waals surface area contributed by atoms with Gasteiger partial charge in [-0.25, -0.2) is 0 Å². The molecular formula is C23H25N3O4S. The number of rotatable bonds is 8. The van der Waals surface area contributed by atoms with E-state index in [9.17, 15) is 9.59 Å². The minimum absolute atomic E-state index is 0.0587. The van der Waals surface area contributed by atoms with Gasteiger partial charge in [0.25, 0.3) is 11.8 Å². The normalized spacial score (nSPS) is 16.1. The maximum Gasteiger partial charge on any atom is 0.266 e. The highest BCUT2D eigenvalue weighted by atomic mass is 32.2. The summed E-state index contributed by atoms with van der Waals surface area (Å²) in [6.45, 7) is 4.91. The Kier molecular flexibility index (Phi) is 7.72. The number of carbonyl (C=O) groups is 2. The van der Waals surface area contributed by atoms with Crippen molar-refractivity contribution in [1.82, 2.24) is 4.90 Å². The smallest absolute Gasteiger partial charge is 0.266 e. The van der Waals surface area contributed by atoms with Crippen LogP contribution in [0.1, 0.15) is 19.4 Å². The zero-order chi connectivity index (χ0) is 22.2. The summed E-state index contributed by atoms with van der Waals surface area (Å²) in [5, 5.41) is 3.49. The minimum atomic E-state index is -0.269. The Bertz CT molecular complexity index is 1010. The van der Waals surface area contributed by atoms with E-state index in [2.05, 4.69) is 10.3 Å². The first-order chi connectivity index (χ1) is 15.0. The van der Waals surface area contributed by atoms with E-state index in [-0.39, 0.29) is 18.4 Å². The van der Waals surface area contributed by atoms with Gasteiger partial charge in [0.05, 0.1) is 12.0 Å². The summed E-state index contributed by atoms with van der Waals surface area (Å²) >= 11 is 1.37. The number of likely N-dealkylation sites (N-methyl/N-ethyl adjacent to an activating group) is 1. The molecule has 0 atom stereocenters. The van der Waals surface area contributed by atoms with Gasteiger partial charge >= 0.3 is 0 Å². The van der Waals surface area contributed by atoms with Gasteiger partial charge in [-0.3, -0.25) is 19.5 Å². The van der Waals surface area contributed by atoms with Crippen LogP contribution < -0.4 is 14.8 Å². The largest absolute Gasteiger partial charge is 0.493 e. The molecule has 0 aliphatic carbocycles. The van der Waals surface area contributed by atoms with Crippen molar-refractivity contribution in [1.29, 1.82) is 0 Å². The summed E-state index contributed by atoms with van der Waals surface area (Å²) in [5.41, 5.74) is 1.50. The van der Waals surface area contributed by atoms with E-state index in [1.165, 1.54) is 18.9 Å². The van der Waals surface area contributed by atoms with Crippen LogP contribution in [0.25, 0.3) is 6.08 Å². The van der Waals surface area contributed by atoms with Crippen molar-refractivity contribution < 1.29 is 19.1 Å². The molecule has 1 aliphatic heterocycles. The molecule has 8 heteroatoms. The number of aliphatic imine (C=N–C) groups is 1. The Morgan fingerprint density at radius 3 is 2.61 bits per heavy atom. The summed E-state index contributed by atoms with van der Waals surface area (Å²) in [6, 6.07) is 14.5. The molecule has 162 valence electrons. The van der Waals surface area contributed by atoms with Gasteiger partial charge in [-0.15, -0.1) is 0 Å². The molecule has 31 heavy (non-hydrogen) atoms. The van der Waals surface area contributed by atoms with Crippen molar-refractivity contribution in [3.05, 3.63) is 59.0 Å². The minimum Gasteiger partial charge on any atom is -0.493 e. The van der Waals surface area contributed by atoms with Gasteiger partial charge in [0.15, 0.2) is 23.3 Å². The van der Waals surface area contributed by atoms with Crippen LogP contribution in [-0.2, 0) is 9.59 Å². The summed E-state index contributed by atoms with van der Waals surface area (Å²) in [7, 11) is 1.53. The van der Waals surface area contributed by atoms with Crippen LogP contribution >= 0.6 is 11.8 Å². The average Bonchev–Trinajstić information content (AvgIpc) is 3.07. The third-order valence-electron chi connectivity index (χ3n) is 4.40. The van der Waals surface area contributed by atoms with E-state index < -0.39 is 0 Å². The Morgan fingerprint density at radius 1 is 1.16 bits per heavy atom. The molecule has 0 bridgehead atoms. The van der Waals surface area contributed by atoms with Crippen LogP contribution in [0.2, 0.25) is 0 Å². The van der Waals surface area contributed by atoms with Crippen molar-refractivity contribution >= 4 is 40.5 Å². The lowest BCUT2D eigenvalue weighted by atomic mass is 10.2. The second kappa shape index (κ2) is 10.7. The third-order valence-corrected chi connectivity index (χ3v) is 5.44. The molecule has 2 aromatic rings. The highest BCUT2D eigenvalue weighted by molar-refractivity contribution is 8.18. The Balaban J connectivity index is 1.70. The van der Waals surface area contributed by atoms with Gasteiger partial charge < -0.3 is 14.8 Å². The molecule has 0 saturated carbocycles. The number of amides is 2. The summed E-state index contributed by atoms with van der Waals surface area (Å²) in [6.07, 6.45) is 1.81. The predicted molar refractivity (Wildman–Crippen MR) is 124 cm³/mol. The van der Waals surface area contributed by atoms with Crippen LogP contribution in [0.15, 0.2) is 58.4 Å². The van der Waals surface area contributed by atoms with Crippen LogP contribution in [0.5, 0.6) is 11.5 Å². The highest BCUT2D eigenvalue weighted by Crippen LogP contribution is 2.34. The first-order valence-corrected chi connectivity index (χ1v) is 10.8. The molecule has 1 fully saturated rings. The number of nitrogens with one attached hydrogen (secondary N) is 1. The van der Waals surface area contributed by atoms with Crippen molar-refractivity contribution in [2.75, 3.05) is 32.1 Å². The number of methoxy groups -OCH3 is 1. The van der Waals surface area contributed by atoms with Crippen molar-refractivity contribution in [2.45, 2.75) is 13.8 Å². The van der Waals surface area contributed by atoms with E-state index in [1.807, 2.05) is 44.2 Å². The molecule has 2 amide bonds. The molecule has 1 heterocycles. The number of anilines is 1. The number of carbonyl (C=O) groups excluding carboxylic acids is 2. The molecule has 7 nitrogen and oxygen atoms in total. The Hall–Kier alpha value is -3.26. The van der Waals surface area contributed by atoms with E-state index in [1.54, 1.807) is 29.2 Å². The molecule has 1 N–H and O–H groups in total. The van der Waals surface area contributed by atoms with Gasteiger partial charge in [0, 0.05) is 18.8 Å². The zero-order valence-electron chi connectivity index (χ0n) is 17.8. The lowest BCUT2D eigenvalue weighted by Gasteiger charge is -2.12. The van der Waals surface area contributed by atoms with Crippen LogP contribution in [0.4, 0.5) is 5.69 Å². The number of thioether (sulfide) groups is 1. The monoisotopic (exact) mass is 439 g/mol. The SMILES string of the molecule is CCN=C1S/C(=C/c2ccc(OCC(=O)Nc3ccccc3)c(OC)c2)C(=O)N1CC. The number of ether oxygens (including phenoxy) is 2. The summed E-state index contributed by atoms with van der Waals surface area (Å²) in [5.74, 6) is 0.597. The van der Waals surface area contributed by atoms with Crippen LogP contribution in [0.3, 0.4) is 0 Å². The molecule has 1 saturated heterocycles.